The average molecular weight is 303 g/mol. The number of nitrogens with zero attached hydrogens (tertiary/aromatic N) is 2. The minimum atomic E-state index is 0.157. The molecular formula is C18H29N3O. The summed E-state index contributed by atoms with van der Waals surface area (Å²) in [5.41, 5.74) is 2.09. The Bertz CT molecular complexity index is 452. The Morgan fingerprint density at radius 3 is 2.45 bits per heavy atom. The molecule has 1 aliphatic rings. The van der Waals surface area contributed by atoms with Crippen molar-refractivity contribution in [3.05, 3.63) is 35.4 Å². The van der Waals surface area contributed by atoms with Crippen molar-refractivity contribution in [2.75, 3.05) is 39.3 Å². The summed E-state index contributed by atoms with van der Waals surface area (Å²) < 4.78 is 0. The second kappa shape index (κ2) is 8.91. The van der Waals surface area contributed by atoms with Crippen molar-refractivity contribution >= 4 is 5.91 Å². The van der Waals surface area contributed by atoms with Gasteiger partial charge in [-0.25, -0.2) is 0 Å². The topological polar surface area (TPSA) is 35.6 Å². The molecular weight excluding hydrogens is 274 g/mol. The molecule has 2 rings (SSSR count). The molecule has 0 saturated carbocycles. The summed E-state index contributed by atoms with van der Waals surface area (Å²) in [6, 6.07) is 8.16. The van der Waals surface area contributed by atoms with Gasteiger partial charge in [0.25, 0.3) is 5.91 Å². The molecule has 122 valence electrons. The summed E-state index contributed by atoms with van der Waals surface area (Å²) in [5, 5.41) is 3.37. The summed E-state index contributed by atoms with van der Waals surface area (Å²) in [6.45, 7) is 11.1. The molecule has 0 aromatic heterocycles. The third kappa shape index (κ3) is 4.82. The normalized spacial score (nSPS) is 15.7. The van der Waals surface area contributed by atoms with Crippen LogP contribution in [0.5, 0.6) is 0 Å². The maximum atomic E-state index is 12.5. The van der Waals surface area contributed by atoms with E-state index in [1.54, 1.807) is 0 Å². The van der Waals surface area contributed by atoms with E-state index in [4.69, 9.17) is 0 Å². The lowest BCUT2D eigenvalue weighted by atomic mass is 10.1. The van der Waals surface area contributed by atoms with Crippen molar-refractivity contribution in [3.63, 3.8) is 0 Å². The van der Waals surface area contributed by atoms with Crippen molar-refractivity contribution in [2.24, 2.45) is 0 Å². The van der Waals surface area contributed by atoms with Crippen LogP contribution in [-0.4, -0.2) is 55.0 Å². The smallest absolute Gasteiger partial charge is 0.253 e. The van der Waals surface area contributed by atoms with E-state index < -0.39 is 0 Å². The van der Waals surface area contributed by atoms with Gasteiger partial charge in [0.1, 0.15) is 0 Å². The third-order valence-electron chi connectivity index (χ3n) is 4.27. The second-order valence-electron chi connectivity index (χ2n) is 5.96. The molecule has 0 aliphatic carbocycles. The molecule has 22 heavy (non-hydrogen) atoms. The predicted octanol–water partition coefficient (Wildman–Crippen LogP) is 2.35. The van der Waals surface area contributed by atoms with Crippen molar-refractivity contribution in [3.8, 4) is 0 Å². The number of hydrogen-bond donors (Lipinski definition) is 1. The molecule has 1 aromatic rings. The Morgan fingerprint density at radius 1 is 1.18 bits per heavy atom. The van der Waals surface area contributed by atoms with E-state index in [1.165, 1.54) is 5.56 Å². The van der Waals surface area contributed by atoms with Gasteiger partial charge in [0, 0.05) is 51.4 Å². The second-order valence-corrected chi connectivity index (χ2v) is 5.96. The molecule has 0 bridgehead atoms. The van der Waals surface area contributed by atoms with Crippen molar-refractivity contribution < 1.29 is 4.79 Å². The van der Waals surface area contributed by atoms with Crippen LogP contribution >= 0.6 is 0 Å². The van der Waals surface area contributed by atoms with Crippen LogP contribution in [0.25, 0.3) is 0 Å². The molecule has 1 heterocycles. The number of hydrogen-bond acceptors (Lipinski definition) is 3. The highest BCUT2D eigenvalue weighted by Gasteiger charge is 2.14. The highest BCUT2D eigenvalue weighted by molar-refractivity contribution is 5.94. The Kier molecular flexibility index (Phi) is 6.87. The lowest BCUT2D eigenvalue weighted by Crippen LogP contribution is -2.42. The lowest BCUT2D eigenvalue weighted by molar-refractivity contribution is 0.0762. The molecule has 0 unspecified atom stereocenters. The van der Waals surface area contributed by atoms with Gasteiger partial charge >= 0.3 is 0 Å². The van der Waals surface area contributed by atoms with Crippen molar-refractivity contribution in [2.45, 2.75) is 33.2 Å². The molecule has 1 aromatic carbocycles. The van der Waals surface area contributed by atoms with Crippen molar-refractivity contribution in [1.82, 2.24) is 15.1 Å². The van der Waals surface area contributed by atoms with Gasteiger partial charge < -0.3 is 10.2 Å². The molecule has 0 spiro atoms. The van der Waals surface area contributed by atoms with Crippen LogP contribution in [0.15, 0.2) is 24.3 Å². The van der Waals surface area contributed by atoms with E-state index in [1.807, 2.05) is 24.0 Å². The Morgan fingerprint density at radius 2 is 1.86 bits per heavy atom. The van der Waals surface area contributed by atoms with Gasteiger partial charge in [0.2, 0.25) is 0 Å². The van der Waals surface area contributed by atoms with Crippen LogP contribution in [0.3, 0.4) is 0 Å². The van der Waals surface area contributed by atoms with Gasteiger partial charge in [-0.2, -0.15) is 0 Å². The number of rotatable bonds is 7. The van der Waals surface area contributed by atoms with Crippen LogP contribution in [0, 0.1) is 0 Å². The van der Waals surface area contributed by atoms with Crippen LogP contribution in [0.2, 0.25) is 0 Å². The average Bonchev–Trinajstić information content (AvgIpc) is 2.57. The van der Waals surface area contributed by atoms with Crippen LogP contribution in [-0.2, 0) is 6.54 Å². The summed E-state index contributed by atoms with van der Waals surface area (Å²) in [4.78, 5) is 16.9. The number of carbonyl (C=O) groups excluding carboxylic acids is 1. The van der Waals surface area contributed by atoms with Crippen LogP contribution in [0.1, 0.15) is 42.6 Å². The van der Waals surface area contributed by atoms with Gasteiger partial charge in [-0.15, -0.1) is 0 Å². The molecule has 4 nitrogen and oxygen atoms in total. The largest absolute Gasteiger partial charge is 0.339 e. The number of piperazine rings is 1. The first kappa shape index (κ1) is 17.0. The number of carbonyl (C=O) groups is 1. The Hall–Kier alpha value is -1.39. The number of unbranched alkanes of at least 4 members (excludes halogenated alkanes) is 1. The molecule has 1 saturated heterocycles. The highest BCUT2D eigenvalue weighted by Crippen LogP contribution is 2.11. The summed E-state index contributed by atoms with van der Waals surface area (Å²) >= 11 is 0. The number of benzene rings is 1. The zero-order valence-corrected chi connectivity index (χ0v) is 14.0. The van der Waals surface area contributed by atoms with E-state index in [9.17, 15) is 4.79 Å². The van der Waals surface area contributed by atoms with Gasteiger partial charge in [-0.05, 0) is 31.0 Å². The van der Waals surface area contributed by atoms with Gasteiger partial charge in [-0.3, -0.25) is 9.69 Å². The summed E-state index contributed by atoms with van der Waals surface area (Å²) in [5.74, 6) is 0.157. The summed E-state index contributed by atoms with van der Waals surface area (Å²) in [6.07, 6.45) is 2.19. The Labute approximate surface area is 134 Å². The van der Waals surface area contributed by atoms with Crippen molar-refractivity contribution in [1.29, 1.82) is 0 Å². The van der Waals surface area contributed by atoms with E-state index >= 15 is 0 Å². The number of amides is 1. The third-order valence-corrected chi connectivity index (χ3v) is 4.27. The first-order valence-electron chi connectivity index (χ1n) is 8.56. The molecule has 4 heteroatoms. The van der Waals surface area contributed by atoms with Gasteiger partial charge in [-0.1, -0.05) is 25.5 Å². The van der Waals surface area contributed by atoms with E-state index in [0.29, 0.717) is 0 Å². The fourth-order valence-electron chi connectivity index (χ4n) is 2.82. The van der Waals surface area contributed by atoms with E-state index in [0.717, 1.165) is 64.2 Å². The van der Waals surface area contributed by atoms with Crippen LogP contribution < -0.4 is 5.32 Å². The minimum absolute atomic E-state index is 0.157. The number of nitrogens with one attached hydrogen (secondary N) is 1. The first-order valence-corrected chi connectivity index (χ1v) is 8.56. The monoisotopic (exact) mass is 303 g/mol. The predicted molar refractivity (Wildman–Crippen MR) is 91.1 cm³/mol. The maximum absolute atomic E-state index is 12.5. The molecule has 1 aliphatic heterocycles. The van der Waals surface area contributed by atoms with Gasteiger partial charge in [0.15, 0.2) is 0 Å². The van der Waals surface area contributed by atoms with E-state index in [2.05, 4.69) is 29.3 Å². The molecule has 1 N–H and O–H groups in total. The zero-order valence-electron chi connectivity index (χ0n) is 14.0. The van der Waals surface area contributed by atoms with Gasteiger partial charge in [0.05, 0.1) is 0 Å². The minimum Gasteiger partial charge on any atom is -0.339 e. The molecule has 0 radical (unpaired) electrons. The maximum Gasteiger partial charge on any atom is 0.253 e. The Balaban J connectivity index is 1.93. The van der Waals surface area contributed by atoms with Crippen LogP contribution in [0.4, 0.5) is 0 Å². The fourth-order valence-corrected chi connectivity index (χ4v) is 2.82. The molecule has 1 fully saturated rings. The molecule has 0 atom stereocenters. The fraction of sp³-hybridized carbons (Fsp3) is 0.611. The summed E-state index contributed by atoms with van der Waals surface area (Å²) in [7, 11) is 0. The first-order chi connectivity index (χ1) is 10.7. The lowest BCUT2D eigenvalue weighted by Gasteiger charge is -2.27. The van der Waals surface area contributed by atoms with E-state index in [-0.39, 0.29) is 5.91 Å². The quantitative estimate of drug-likeness (QED) is 0.840. The highest BCUT2D eigenvalue weighted by atomic mass is 16.2. The SMILES string of the molecule is CCCCN(CC)C(=O)c1ccc(CN2CCNCC2)cc1. The zero-order chi connectivity index (χ0) is 15.8. The molecule has 1 amide bonds. The standard InChI is InChI=1S/C18H29N3O/c1-3-5-12-21(4-2)18(22)17-8-6-16(7-9-17)15-20-13-10-19-11-14-20/h6-9,19H,3-5,10-15H2,1-2H3.